The first-order chi connectivity index (χ1) is 9.74. The second-order valence-corrected chi connectivity index (χ2v) is 7.19. The van der Waals surface area contributed by atoms with Crippen molar-refractivity contribution in [1.29, 1.82) is 0 Å². The standard InChI is InChI=1S/C15H19Cl2NO3/c1-10-4-3-5-12(6-10)21-8-11(19)7-18-13(20)14(2)9-15(14,16)17/h3-6,11,19H,7-9H2,1-2H3,(H,18,20). The van der Waals surface area contributed by atoms with E-state index in [0.29, 0.717) is 12.2 Å². The van der Waals surface area contributed by atoms with Crippen LogP contribution in [0.5, 0.6) is 5.75 Å². The van der Waals surface area contributed by atoms with Gasteiger partial charge in [0.2, 0.25) is 5.91 Å². The van der Waals surface area contributed by atoms with Crippen molar-refractivity contribution in [2.24, 2.45) is 5.41 Å². The third-order valence-corrected chi connectivity index (χ3v) is 4.79. The normalized spacial score (nSPS) is 24.2. The fourth-order valence-corrected chi connectivity index (χ4v) is 2.71. The molecule has 0 aromatic heterocycles. The van der Waals surface area contributed by atoms with Gasteiger partial charge in [0.1, 0.15) is 22.8 Å². The van der Waals surface area contributed by atoms with Gasteiger partial charge in [0.05, 0.1) is 5.41 Å². The second-order valence-electron chi connectivity index (χ2n) is 5.70. The van der Waals surface area contributed by atoms with Crippen LogP contribution in [-0.2, 0) is 4.79 Å². The summed E-state index contributed by atoms with van der Waals surface area (Å²) in [5.41, 5.74) is 0.310. The van der Waals surface area contributed by atoms with Gasteiger partial charge in [-0.3, -0.25) is 4.79 Å². The lowest BCUT2D eigenvalue weighted by Crippen LogP contribution is -2.40. The minimum absolute atomic E-state index is 0.101. The number of alkyl halides is 2. The molecule has 2 unspecified atom stereocenters. The van der Waals surface area contributed by atoms with Crippen LogP contribution in [0, 0.1) is 12.3 Å². The van der Waals surface area contributed by atoms with Crippen molar-refractivity contribution in [2.75, 3.05) is 13.2 Å². The maximum atomic E-state index is 11.9. The molecule has 2 N–H and O–H groups in total. The highest BCUT2D eigenvalue weighted by molar-refractivity contribution is 6.53. The molecular formula is C15H19Cl2NO3. The molecule has 1 aliphatic rings. The van der Waals surface area contributed by atoms with Crippen molar-refractivity contribution in [3.63, 3.8) is 0 Å². The SMILES string of the molecule is Cc1cccc(OCC(O)CNC(=O)C2(C)CC2(Cl)Cl)c1. The minimum Gasteiger partial charge on any atom is -0.491 e. The molecule has 2 atom stereocenters. The summed E-state index contributed by atoms with van der Waals surface area (Å²) >= 11 is 11.9. The van der Waals surface area contributed by atoms with E-state index < -0.39 is 15.9 Å². The number of amides is 1. The van der Waals surface area contributed by atoms with Gasteiger partial charge < -0.3 is 15.2 Å². The maximum absolute atomic E-state index is 11.9. The summed E-state index contributed by atoms with van der Waals surface area (Å²) in [7, 11) is 0. The van der Waals surface area contributed by atoms with E-state index in [2.05, 4.69) is 5.32 Å². The summed E-state index contributed by atoms with van der Waals surface area (Å²) < 4.78 is 4.47. The van der Waals surface area contributed by atoms with Crippen LogP contribution in [0.4, 0.5) is 0 Å². The Bertz CT molecular complexity index is 535. The Kier molecular flexibility index (Phi) is 4.71. The predicted octanol–water partition coefficient (Wildman–Crippen LogP) is 2.43. The zero-order valence-electron chi connectivity index (χ0n) is 12.0. The van der Waals surface area contributed by atoms with Crippen LogP contribution in [-0.4, -0.2) is 34.6 Å². The number of hydrogen-bond donors (Lipinski definition) is 2. The number of rotatable bonds is 6. The van der Waals surface area contributed by atoms with Crippen molar-refractivity contribution in [3.8, 4) is 5.75 Å². The first-order valence-electron chi connectivity index (χ1n) is 6.78. The number of carbonyl (C=O) groups is 1. The van der Waals surface area contributed by atoms with Crippen LogP contribution in [0.15, 0.2) is 24.3 Å². The van der Waals surface area contributed by atoms with Crippen molar-refractivity contribution in [1.82, 2.24) is 5.32 Å². The molecule has 0 spiro atoms. The molecule has 0 bridgehead atoms. The first-order valence-corrected chi connectivity index (χ1v) is 7.54. The topological polar surface area (TPSA) is 58.6 Å². The highest BCUT2D eigenvalue weighted by Gasteiger charge is 2.67. The second kappa shape index (κ2) is 6.03. The molecule has 0 radical (unpaired) electrons. The monoisotopic (exact) mass is 331 g/mol. The van der Waals surface area contributed by atoms with Gasteiger partial charge in [-0.25, -0.2) is 0 Å². The van der Waals surface area contributed by atoms with E-state index in [1.807, 2.05) is 31.2 Å². The van der Waals surface area contributed by atoms with E-state index in [-0.39, 0.29) is 19.1 Å². The summed E-state index contributed by atoms with van der Waals surface area (Å²) in [6, 6.07) is 7.54. The van der Waals surface area contributed by atoms with Crippen LogP contribution < -0.4 is 10.1 Å². The Morgan fingerprint density at radius 2 is 2.19 bits per heavy atom. The number of ether oxygens (including phenoxy) is 1. The number of aliphatic hydroxyl groups is 1. The highest BCUT2D eigenvalue weighted by atomic mass is 35.5. The lowest BCUT2D eigenvalue weighted by atomic mass is 10.1. The number of aryl methyl sites for hydroxylation is 1. The van der Waals surface area contributed by atoms with Gasteiger partial charge in [-0.15, -0.1) is 23.2 Å². The Balaban J connectivity index is 1.73. The van der Waals surface area contributed by atoms with Crippen LogP contribution in [0.1, 0.15) is 18.9 Å². The summed E-state index contributed by atoms with van der Waals surface area (Å²) in [6.45, 7) is 3.87. The number of halogens is 2. The van der Waals surface area contributed by atoms with Gasteiger partial charge in [-0.1, -0.05) is 12.1 Å². The van der Waals surface area contributed by atoms with Gasteiger partial charge >= 0.3 is 0 Å². The third kappa shape index (κ3) is 3.82. The van der Waals surface area contributed by atoms with Gasteiger partial charge in [-0.2, -0.15) is 0 Å². The predicted molar refractivity (Wildman–Crippen MR) is 82.9 cm³/mol. The molecule has 1 aliphatic carbocycles. The van der Waals surface area contributed by atoms with Gasteiger partial charge in [0.25, 0.3) is 0 Å². The summed E-state index contributed by atoms with van der Waals surface area (Å²) in [5.74, 6) is 0.442. The van der Waals surface area contributed by atoms with Crippen LogP contribution in [0.25, 0.3) is 0 Å². The Labute approximate surface area is 134 Å². The minimum atomic E-state index is -1.000. The number of nitrogens with one attached hydrogen (secondary N) is 1. The average Bonchev–Trinajstić information content (AvgIpc) is 2.94. The lowest BCUT2D eigenvalue weighted by molar-refractivity contribution is -0.126. The molecule has 0 saturated heterocycles. The van der Waals surface area contributed by atoms with E-state index in [1.54, 1.807) is 6.92 Å². The quantitative estimate of drug-likeness (QED) is 0.787. The maximum Gasteiger partial charge on any atom is 0.229 e. The first kappa shape index (κ1) is 16.4. The molecule has 1 saturated carbocycles. The number of carbonyl (C=O) groups excluding carboxylic acids is 1. The Morgan fingerprint density at radius 3 is 2.76 bits per heavy atom. The van der Waals surface area contributed by atoms with Gasteiger partial charge in [0.15, 0.2) is 0 Å². The van der Waals surface area contributed by atoms with Crippen LogP contribution in [0.3, 0.4) is 0 Å². The van der Waals surface area contributed by atoms with Crippen LogP contribution >= 0.6 is 23.2 Å². The Hall–Kier alpha value is -0.970. The zero-order valence-corrected chi connectivity index (χ0v) is 13.5. The van der Waals surface area contributed by atoms with Crippen molar-refractivity contribution >= 4 is 29.1 Å². The zero-order chi connectivity index (χ0) is 15.7. The van der Waals surface area contributed by atoms with E-state index in [9.17, 15) is 9.90 Å². The fraction of sp³-hybridized carbons (Fsp3) is 0.533. The summed E-state index contributed by atoms with van der Waals surface area (Å²) in [4.78, 5) is 11.9. The van der Waals surface area contributed by atoms with E-state index in [4.69, 9.17) is 27.9 Å². The summed E-state index contributed by atoms with van der Waals surface area (Å²) in [6.07, 6.45) is -0.373. The molecule has 0 aliphatic heterocycles. The molecule has 1 fully saturated rings. The molecular weight excluding hydrogens is 313 g/mol. The molecule has 1 aromatic carbocycles. The molecule has 1 aromatic rings. The number of benzene rings is 1. The largest absolute Gasteiger partial charge is 0.491 e. The van der Waals surface area contributed by atoms with Crippen molar-refractivity contribution in [2.45, 2.75) is 30.7 Å². The van der Waals surface area contributed by atoms with Crippen LogP contribution in [0.2, 0.25) is 0 Å². The number of aliphatic hydroxyl groups excluding tert-OH is 1. The molecule has 21 heavy (non-hydrogen) atoms. The van der Waals surface area contributed by atoms with E-state index in [1.165, 1.54) is 0 Å². The van der Waals surface area contributed by atoms with E-state index in [0.717, 1.165) is 5.56 Å². The number of hydrogen-bond acceptors (Lipinski definition) is 3. The Morgan fingerprint density at radius 1 is 1.52 bits per heavy atom. The lowest BCUT2D eigenvalue weighted by Gasteiger charge is -2.16. The van der Waals surface area contributed by atoms with Crippen molar-refractivity contribution in [3.05, 3.63) is 29.8 Å². The smallest absolute Gasteiger partial charge is 0.229 e. The molecule has 6 heteroatoms. The molecule has 1 amide bonds. The highest BCUT2D eigenvalue weighted by Crippen LogP contribution is 2.63. The third-order valence-electron chi connectivity index (χ3n) is 3.69. The van der Waals surface area contributed by atoms with Gasteiger partial charge in [0, 0.05) is 6.54 Å². The molecule has 2 rings (SSSR count). The average molecular weight is 332 g/mol. The van der Waals surface area contributed by atoms with E-state index >= 15 is 0 Å². The molecule has 116 valence electrons. The fourth-order valence-electron chi connectivity index (χ4n) is 2.01. The van der Waals surface area contributed by atoms with Gasteiger partial charge in [-0.05, 0) is 38.0 Å². The van der Waals surface area contributed by atoms with Crippen molar-refractivity contribution < 1.29 is 14.6 Å². The summed E-state index contributed by atoms with van der Waals surface area (Å²) in [5, 5.41) is 12.5. The molecule has 0 heterocycles. The molecule has 4 nitrogen and oxygen atoms in total.